The van der Waals surface area contributed by atoms with Crippen LogP contribution < -0.4 is 10.2 Å². The average Bonchev–Trinajstić information content (AvgIpc) is 2.91. The van der Waals surface area contributed by atoms with Crippen molar-refractivity contribution < 1.29 is 9.18 Å². The van der Waals surface area contributed by atoms with Crippen molar-refractivity contribution in [2.45, 2.75) is 44.6 Å². The summed E-state index contributed by atoms with van der Waals surface area (Å²) in [5, 5.41) is 3.04. The summed E-state index contributed by atoms with van der Waals surface area (Å²) in [6, 6.07) is 5.18. The van der Waals surface area contributed by atoms with E-state index < -0.39 is 0 Å². The summed E-state index contributed by atoms with van der Waals surface area (Å²) in [4.78, 5) is 13.9. The fraction of sp³-hybridized carbons (Fsp3) is 0.533. The highest BCUT2D eigenvalue weighted by atomic mass is 19.1. The minimum Gasteiger partial charge on any atom is -0.335 e. The Morgan fingerprint density at radius 3 is 2.84 bits per heavy atom. The number of nitrogens with zero attached hydrogens (tertiary/aromatic N) is 1. The number of anilines is 1. The number of carbonyl (C=O) groups excluding carboxylic acids is 1. The number of rotatable bonds is 1. The molecule has 19 heavy (non-hydrogen) atoms. The number of urea groups is 1. The van der Waals surface area contributed by atoms with Crippen molar-refractivity contribution in [2.24, 2.45) is 0 Å². The van der Waals surface area contributed by atoms with Gasteiger partial charge < -0.3 is 5.32 Å². The van der Waals surface area contributed by atoms with Crippen LogP contribution in [0.15, 0.2) is 18.2 Å². The van der Waals surface area contributed by atoms with Gasteiger partial charge >= 0.3 is 6.03 Å². The van der Waals surface area contributed by atoms with Gasteiger partial charge in [0, 0.05) is 12.6 Å². The fourth-order valence-electron chi connectivity index (χ4n) is 3.13. The van der Waals surface area contributed by atoms with Gasteiger partial charge in [0.25, 0.3) is 0 Å². The molecule has 4 heteroatoms. The number of halogens is 1. The SMILES string of the molecule is O=C(NC1CCCC1)N1CCCc2cccc(F)c21. The van der Waals surface area contributed by atoms with Crippen LogP contribution in [0.1, 0.15) is 37.7 Å². The highest BCUT2D eigenvalue weighted by molar-refractivity contribution is 5.93. The van der Waals surface area contributed by atoms with Crippen LogP contribution in [-0.2, 0) is 6.42 Å². The topological polar surface area (TPSA) is 32.3 Å². The van der Waals surface area contributed by atoms with Gasteiger partial charge in [-0.25, -0.2) is 9.18 Å². The fourth-order valence-corrected chi connectivity index (χ4v) is 3.13. The van der Waals surface area contributed by atoms with Crippen LogP contribution >= 0.6 is 0 Å². The number of benzene rings is 1. The van der Waals surface area contributed by atoms with Crippen LogP contribution in [-0.4, -0.2) is 18.6 Å². The molecule has 1 N–H and O–H groups in total. The summed E-state index contributed by atoms with van der Waals surface area (Å²) >= 11 is 0. The van der Waals surface area contributed by atoms with E-state index in [0.29, 0.717) is 12.2 Å². The number of fused-ring (bicyclic) bond motifs is 1. The van der Waals surface area contributed by atoms with E-state index in [-0.39, 0.29) is 17.9 Å². The normalized spacial score (nSPS) is 19.3. The molecule has 0 unspecified atom stereocenters. The van der Waals surface area contributed by atoms with Crippen LogP contribution in [0.25, 0.3) is 0 Å². The van der Waals surface area contributed by atoms with Gasteiger partial charge in [-0.3, -0.25) is 4.90 Å². The lowest BCUT2D eigenvalue weighted by atomic mass is 10.0. The zero-order chi connectivity index (χ0) is 13.2. The first-order chi connectivity index (χ1) is 9.25. The Kier molecular flexibility index (Phi) is 3.40. The quantitative estimate of drug-likeness (QED) is 0.828. The molecule has 0 atom stereocenters. The highest BCUT2D eigenvalue weighted by Gasteiger charge is 2.27. The van der Waals surface area contributed by atoms with Crippen LogP contribution in [0.5, 0.6) is 0 Å². The third kappa shape index (κ3) is 2.44. The van der Waals surface area contributed by atoms with Crippen molar-refractivity contribution in [3.8, 4) is 0 Å². The number of aryl methyl sites for hydroxylation is 1. The molecule has 3 nitrogen and oxygen atoms in total. The van der Waals surface area contributed by atoms with E-state index in [0.717, 1.165) is 31.2 Å². The number of hydrogen-bond donors (Lipinski definition) is 1. The molecule has 1 aromatic rings. The smallest absolute Gasteiger partial charge is 0.322 e. The van der Waals surface area contributed by atoms with Gasteiger partial charge in [-0.15, -0.1) is 0 Å². The predicted molar refractivity (Wildman–Crippen MR) is 72.9 cm³/mol. The van der Waals surface area contributed by atoms with Crippen LogP contribution in [0.3, 0.4) is 0 Å². The van der Waals surface area contributed by atoms with Gasteiger partial charge in [0.1, 0.15) is 5.82 Å². The molecule has 1 heterocycles. The van der Waals surface area contributed by atoms with Gasteiger partial charge in [-0.2, -0.15) is 0 Å². The second-order valence-corrected chi connectivity index (χ2v) is 5.43. The summed E-state index contributed by atoms with van der Waals surface area (Å²) in [5.74, 6) is -0.293. The van der Waals surface area contributed by atoms with Crippen molar-refractivity contribution in [1.82, 2.24) is 5.32 Å². The van der Waals surface area contributed by atoms with E-state index >= 15 is 0 Å². The molecule has 0 saturated heterocycles. The Bertz CT molecular complexity index is 483. The first-order valence-corrected chi connectivity index (χ1v) is 7.11. The monoisotopic (exact) mass is 262 g/mol. The van der Waals surface area contributed by atoms with E-state index in [9.17, 15) is 9.18 Å². The number of amides is 2. The first-order valence-electron chi connectivity index (χ1n) is 7.11. The first kappa shape index (κ1) is 12.5. The number of hydrogen-bond acceptors (Lipinski definition) is 1. The third-order valence-corrected chi connectivity index (χ3v) is 4.10. The molecule has 1 fully saturated rings. The minimum absolute atomic E-state index is 0.141. The van der Waals surface area contributed by atoms with Crippen molar-refractivity contribution in [3.05, 3.63) is 29.6 Å². The molecule has 0 bridgehead atoms. The molecule has 102 valence electrons. The van der Waals surface area contributed by atoms with E-state index in [4.69, 9.17) is 0 Å². The molecule has 2 aliphatic rings. The highest BCUT2D eigenvalue weighted by Crippen LogP contribution is 2.30. The van der Waals surface area contributed by atoms with Gasteiger partial charge in [-0.05, 0) is 37.3 Å². The van der Waals surface area contributed by atoms with Gasteiger partial charge in [0.05, 0.1) is 5.69 Å². The minimum atomic E-state index is -0.293. The maximum absolute atomic E-state index is 14.0. The standard InChI is InChI=1S/C15H19FN2O/c16-13-9-3-5-11-6-4-10-18(14(11)13)15(19)17-12-7-1-2-8-12/h3,5,9,12H,1-2,4,6-8,10H2,(H,17,19). The summed E-state index contributed by atoms with van der Waals surface area (Å²) in [6.07, 6.45) is 6.19. The lowest BCUT2D eigenvalue weighted by Crippen LogP contribution is -2.46. The number of carbonyl (C=O) groups is 1. The molecular weight excluding hydrogens is 243 g/mol. The Morgan fingerprint density at radius 2 is 2.05 bits per heavy atom. The lowest BCUT2D eigenvalue weighted by Gasteiger charge is -2.30. The summed E-state index contributed by atoms with van der Waals surface area (Å²) < 4.78 is 14.0. The Balaban J connectivity index is 1.80. The van der Waals surface area contributed by atoms with Gasteiger partial charge in [0.15, 0.2) is 0 Å². The second-order valence-electron chi connectivity index (χ2n) is 5.43. The van der Waals surface area contributed by atoms with Gasteiger partial charge in [-0.1, -0.05) is 25.0 Å². The maximum atomic E-state index is 14.0. The van der Waals surface area contributed by atoms with Crippen molar-refractivity contribution in [3.63, 3.8) is 0 Å². The summed E-state index contributed by atoms with van der Waals surface area (Å²) in [7, 11) is 0. The Labute approximate surface area is 112 Å². The molecule has 2 amide bonds. The average molecular weight is 262 g/mol. The van der Waals surface area contributed by atoms with E-state index in [2.05, 4.69) is 5.32 Å². The van der Waals surface area contributed by atoms with Crippen molar-refractivity contribution in [1.29, 1.82) is 0 Å². The zero-order valence-electron chi connectivity index (χ0n) is 11.0. The van der Waals surface area contributed by atoms with Crippen molar-refractivity contribution >= 4 is 11.7 Å². The molecule has 1 aromatic carbocycles. The molecule has 0 radical (unpaired) electrons. The van der Waals surface area contributed by atoms with Crippen molar-refractivity contribution in [2.75, 3.05) is 11.4 Å². The van der Waals surface area contributed by atoms with Crippen LogP contribution in [0, 0.1) is 5.82 Å². The molecule has 0 spiro atoms. The van der Waals surface area contributed by atoms with Crippen LogP contribution in [0.2, 0.25) is 0 Å². The predicted octanol–water partition coefficient (Wildman–Crippen LogP) is 3.23. The molecule has 1 aliphatic carbocycles. The molecular formula is C15H19FN2O. The zero-order valence-corrected chi connectivity index (χ0v) is 11.0. The summed E-state index contributed by atoms with van der Waals surface area (Å²) in [5.41, 5.74) is 1.41. The van der Waals surface area contributed by atoms with E-state index in [1.54, 1.807) is 11.0 Å². The molecule has 1 aliphatic heterocycles. The number of para-hydroxylation sites is 1. The molecule has 0 aromatic heterocycles. The second kappa shape index (κ2) is 5.19. The van der Waals surface area contributed by atoms with Crippen LogP contribution in [0.4, 0.5) is 14.9 Å². The number of nitrogens with one attached hydrogen (secondary N) is 1. The van der Waals surface area contributed by atoms with Gasteiger partial charge in [0.2, 0.25) is 0 Å². The third-order valence-electron chi connectivity index (χ3n) is 4.10. The Hall–Kier alpha value is -1.58. The van der Waals surface area contributed by atoms with E-state index in [1.165, 1.54) is 18.9 Å². The summed E-state index contributed by atoms with van der Waals surface area (Å²) in [6.45, 7) is 0.604. The Morgan fingerprint density at radius 1 is 1.26 bits per heavy atom. The lowest BCUT2D eigenvalue weighted by molar-refractivity contribution is 0.242. The largest absolute Gasteiger partial charge is 0.335 e. The molecule has 1 saturated carbocycles. The molecule has 3 rings (SSSR count). The van der Waals surface area contributed by atoms with E-state index in [1.807, 2.05) is 6.07 Å². The maximum Gasteiger partial charge on any atom is 0.322 e.